The minimum Gasteiger partial charge on any atom is -0.361 e. The second-order valence-corrected chi connectivity index (χ2v) is 5.07. The van der Waals surface area contributed by atoms with Gasteiger partial charge >= 0.3 is 0 Å². The Morgan fingerprint density at radius 1 is 1.22 bits per heavy atom. The molecule has 0 atom stereocenters. The lowest BCUT2D eigenvalue weighted by Gasteiger charge is -2.14. The molecule has 0 aliphatic rings. The number of guanidine groups is 1. The molecule has 0 aliphatic heterocycles. The van der Waals surface area contributed by atoms with E-state index in [0.29, 0.717) is 12.5 Å². The number of rotatable bonds is 7. The lowest BCUT2D eigenvalue weighted by atomic mass is 10.1. The van der Waals surface area contributed by atoms with E-state index in [4.69, 9.17) is 4.52 Å². The van der Waals surface area contributed by atoms with Crippen LogP contribution in [0.3, 0.4) is 0 Å². The Hall–Kier alpha value is -1.32. The van der Waals surface area contributed by atoms with E-state index < -0.39 is 0 Å². The van der Waals surface area contributed by atoms with Crippen LogP contribution < -0.4 is 10.6 Å². The topological polar surface area (TPSA) is 82.8 Å². The summed E-state index contributed by atoms with van der Waals surface area (Å²) in [5, 5.41) is 10.2. The van der Waals surface area contributed by atoms with Gasteiger partial charge in [-0.15, -0.1) is 24.0 Å². The maximum atomic E-state index is 11.6. The molecule has 0 unspecified atom stereocenters. The molecular weight excluding hydrogens is 409 g/mol. The summed E-state index contributed by atoms with van der Waals surface area (Å²) in [4.78, 5) is 17.7. The van der Waals surface area contributed by atoms with Crippen LogP contribution in [0.4, 0.5) is 0 Å². The quantitative estimate of drug-likeness (QED) is 0.385. The first-order valence-corrected chi connectivity index (χ1v) is 7.71. The first kappa shape index (κ1) is 21.7. The maximum Gasteiger partial charge on any atom is 0.241 e. The zero-order chi connectivity index (χ0) is 16.5. The monoisotopic (exact) mass is 437 g/mol. The van der Waals surface area contributed by atoms with Gasteiger partial charge in [0.2, 0.25) is 5.91 Å². The summed E-state index contributed by atoms with van der Waals surface area (Å²) in [6.07, 6.45) is 1.61. The highest BCUT2D eigenvalue weighted by molar-refractivity contribution is 14.0. The Morgan fingerprint density at radius 3 is 2.43 bits per heavy atom. The number of aliphatic imine (C=N–C) groups is 1. The van der Waals surface area contributed by atoms with E-state index in [9.17, 15) is 4.79 Å². The van der Waals surface area contributed by atoms with Crippen molar-refractivity contribution in [3.63, 3.8) is 0 Å². The molecule has 0 aliphatic carbocycles. The predicted octanol–water partition coefficient (Wildman–Crippen LogP) is 1.56. The van der Waals surface area contributed by atoms with E-state index in [1.165, 1.54) is 0 Å². The molecule has 0 radical (unpaired) electrons. The molecule has 1 aromatic heterocycles. The summed E-state index contributed by atoms with van der Waals surface area (Å²) in [5.41, 5.74) is 1.99. The number of carbonyl (C=O) groups is 1. The fourth-order valence-corrected chi connectivity index (χ4v) is 1.93. The van der Waals surface area contributed by atoms with Crippen LogP contribution in [0.5, 0.6) is 0 Å². The van der Waals surface area contributed by atoms with Gasteiger partial charge in [-0.1, -0.05) is 19.0 Å². The maximum absolute atomic E-state index is 11.6. The highest BCUT2D eigenvalue weighted by Gasteiger charge is 2.13. The van der Waals surface area contributed by atoms with Crippen molar-refractivity contribution in [2.24, 2.45) is 4.99 Å². The smallest absolute Gasteiger partial charge is 0.241 e. The van der Waals surface area contributed by atoms with E-state index in [2.05, 4.69) is 20.8 Å². The molecule has 2 N–H and O–H groups in total. The fourth-order valence-electron chi connectivity index (χ4n) is 1.93. The third-order valence-corrected chi connectivity index (χ3v) is 3.25. The Labute approximate surface area is 155 Å². The molecule has 132 valence electrons. The van der Waals surface area contributed by atoms with Crippen LogP contribution in [0.1, 0.15) is 37.8 Å². The van der Waals surface area contributed by atoms with Gasteiger partial charge in [-0.25, -0.2) is 4.99 Å². The standard InChI is InChI=1S/C15H27N5O2.HI/c1-6-12-11(13(7-2)22-19-12)9-17-15(16-8-3)18-10-14(21)20(4)5;/h6-10H2,1-5H3,(H2,16,17,18);1H. The summed E-state index contributed by atoms with van der Waals surface area (Å²) in [6, 6.07) is 0. The number of nitrogens with zero attached hydrogens (tertiary/aromatic N) is 3. The first-order valence-electron chi connectivity index (χ1n) is 7.71. The lowest BCUT2D eigenvalue weighted by molar-refractivity contribution is -0.127. The third kappa shape index (κ3) is 6.76. The number of hydrogen-bond donors (Lipinski definition) is 2. The van der Waals surface area contributed by atoms with Gasteiger partial charge in [0.15, 0.2) is 5.96 Å². The van der Waals surface area contributed by atoms with Crippen molar-refractivity contribution in [2.75, 3.05) is 27.2 Å². The molecule has 0 aromatic carbocycles. The number of carbonyl (C=O) groups excluding carboxylic acids is 1. The summed E-state index contributed by atoms with van der Waals surface area (Å²) in [5.74, 6) is 1.49. The molecule has 0 saturated heterocycles. The molecule has 1 aromatic rings. The number of likely N-dealkylation sites (N-methyl/N-ethyl adjacent to an activating group) is 1. The van der Waals surface area contributed by atoms with Crippen molar-refractivity contribution in [1.29, 1.82) is 0 Å². The van der Waals surface area contributed by atoms with Gasteiger partial charge in [0.05, 0.1) is 18.8 Å². The molecule has 7 nitrogen and oxygen atoms in total. The molecule has 0 saturated carbocycles. The number of hydrogen-bond acceptors (Lipinski definition) is 4. The van der Waals surface area contributed by atoms with Gasteiger partial charge in [0.25, 0.3) is 0 Å². The fraction of sp³-hybridized carbons (Fsp3) is 0.667. The second kappa shape index (κ2) is 11.3. The van der Waals surface area contributed by atoms with E-state index in [1.54, 1.807) is 19.0 Å². The molecular formula is C15H28IN5O2. The molecule has 23 heavy (non-hydrogen) atoms. The number of aryl methyl sites for hydroxylation is 2. The predicted molar refractivity (Wildman–Crippen MR) is 102 cm³/mol. The van der Waals surface area contributed by atoms with Gasteiger partial charge < -0.3 is 20.1 Å². The van der Waals surface area contributed by atoms with E-state index in [0.717, 1.165) is 36.4 Å². The molecule has 0 spiro atoms. The Kier molecular flexibility index (Phi) is 10.6. The van der Waals surface area contributed by atoms with Crippen molar-refractivity contribution in [3.8, 4) is 0 Å². The van der Waals surface area contributed by atoms with E-state index in [1.807, 2.05) is 20.8 Å². The highest BCUT2D eigenvalue weighted by atomic mass is 127. The van der Waals surface area contributed by atoms with Crippen molar-refractivity contribution in [1.82, 2.24) is 20.7 Å². The van der Waals surface area contributed by atoms with Crippen molar-refractivity contribution in [2.45, 2.75) is 40.2 Å². The Morgan fingerprint density at radius 2 is 1.91 bits per heavy atom. The highest BCUT2D eigenvalue weighted by Crippen LogP contribution is 2.16. The van der Waals surface area contributed by atoms with Crippen LogP contribution in [0.25, 0.3) is 0 Å². The normalized spacial score (nSPS) is 10.9. The van der Waals surface area contributed by atoms with Gasteiger partial charge in [0.1, 0.15) is 5.76 Å². The van der Waals surface area contributed by atoms with E-state index >= 15 is 0 Å². The number of aromatic nitrogens is 1. The average Bonchev–Trinajstić information content (AvgIpc) is 2.91. The molecule has 0 bridgehead atoms. The zero-order valence-corrected chi connectivity index (χ0v) is 16.9. The lowest BCUT2D eigenvalue weighted by Crippen LogP contribution is -2.42. The van der Waals surface area contributed by atoms with Crippen LogP contribution in [0.15, 0.2) is 9.52 Å². The zero-order valence-electron chi connectivity index (χ0n) is 14.6. The van der Waals surface area contributed by atoms with Crippen LogP contribution in [-0.4, -0.2) is 49.1 Å². The van der Waals surface area contributed by atoms with Gasteiger partial charge in [-0.05, 0) is 13.3 Å². The number of amides is 1. The van der Waals surface area contributed by atoms with Crippen LogP contribution in [-0.2, 0) is 24.2 Å². The average molecular weight is 437 g/mol. The van der Waals surface area contributed by atoms with Gasteiger partial charge in [-0.2, -0.15) is 0 Å². The summed E-state index contributed by atoms with van der Waals surface area (Å²) >= 11 is 0. The van der Waals surface area contributed by atoms with Crippen LogP contribution in [0, 0.1) is 0 Å². The second-order valence-electron chi connectivity index (χ2n) is 5.07. The summed E-state index contributed by atoms with van der Waals surface area (Å²) in [7, 11) is 3.46. The van der Waals surface area contributed by atoms with Crippen molar-refractivity contribution < 1.29 is 9.32 Å². The Balaban J connectivity index is 0.00000484. The molecule has 0 fully saturated rings. The summed E-state index contributed by atoms with van der Waals surface area (Å²) < 4.78 is 5.34. The first-order chi connectivity index (χ1) is 10.5. The molecule has 1 rings (SSSR count). The largest absolute Gasteiger partial charge is 0.361 e. The molecule has 1 heterocycles. The Bertz CT molecular complexity index is 492. The number of nitrogens with one attached hydrogen (secondary N) is 2. The van der Waals surface area contributed by atoms with Gasteiger partial charge in [-0.3, -0.25) is 4.79 Å². The third-order valence-electron chi connectivity index (χ3n) is 3.25. The van der Waals surface area contributed by atoms with Crippen LogP contribution in [0.2, 0.25) is 0 Å². The minimum atomic E-state index is -0.000856. The van der Waals surface area contributed by atoms with Crippen LogP contribution >= 0.6 is 24.0 Å². The van der Waals surface area contributed by atoms with Crippen molar-refractivity contribution >= 4 is 35.8 Å². The van der Waals surface area contributed by atoms with Crippen molar-refractivity contribution in [3.05, 3.63) is 17.0 Å². The summed E-state index contributed by atoms with van der Waals surface area (Å²) in [6.45, 7) is 7.49. The van der Waals surface area contributed by atoms with Gasteiger partial charge in [0, 0.05) is 32.6 Å². The van der Waals surface area contributed by atoms with E-state index in [-0.39, 0.29) is 36.4 Å². The number of halogens is 1. The molecule has 8 heteroatoms. The minimum absolute atomic E-state index is 0. The molecule has 1 amide bonds. The SMILES string of the molecule is CCNC(=NCc1c(CC)noc1CC)NCC(=O)N(C)C.I.